The molecular weight excluding hydrogens is 222 g/mol. The van der Waals surface area contributed by atoms with Gasteiger partial charge in [-0.25, -0.2) is 0 Å². The Balaban J connectivity index is 1.98. The maximum absolute atomic E-state index is 6.19. The van der Waals surface area contributed by atoms with Crippen LogP contribution in [0.25, 0.3) is 0 Å². The smallest absolute Gasteiger partial charge is 0.0356 e. The van der Waals surface area contributed by atoms with E-state index in [-0.39, 0.29) is 0 Å². The van der Waals surface area contributed by atoms with Gasteiger partial charge in [0.1, 0.15) is 0 Å². The van der Waals surface area contributed by atoms with Crippen LogP contribution in [0, 0.1) is 11.8 Å². The Morgan fingerprint density at radius 2 is 2.17 bits per heavy atom. The van der Waals surface area contributed by atoms with Gasteiger partial charge in [0, 0.05) is 25.2 Å². The van der Waals surface area contributed by atoms with Gasteiger partial charge < -0.3 is 10.6 Å². The van der Waals surface area contributed by atoms with Crippen LogP contribution >= 0.6 is 0 Å². The van der Waals surface area contributed by atoms with Gasteiger partial charge in [0.15, 0.2) is 0 Å². The molecule has 3 atom stereocenters. The van der Waals surface area contributed by atoms with Crippen molar-refractivity contribution in [2.75, 3.05) is 40.3 Å². The van der Waals surface area contributed by atoms with E-state index >= 15 is 0 Å². The van der Waals surface area contributed by atoms with Crippen molar-refractivity contribution in [3.05, 3.63) is 0 Å². The van der Waals surface area contributed by atoms with Crippen molar-refractivity contribution in [3.63, 3.8) is 0 Å². The molecule has 1 aliphatic heterocycles. The van der Waals surface area contributed by atoms with Crippen molar-refractivity contribution in [1.29, 1.82) is 0 Å². The fraction of sp³-hybridized carbons (Fsp3) is 1.00. The maximum atomic E-state index is 6.19. The number of rotatable bonds is 5. The number of hydrogen-bond acceptors (Lipinski definition) is 3. The number of nitrogens with two attached hydrogens (primary N) is 1. The molecule has 18 heavy (non-hydrogen) atoms. The zero-order valence-corrected chi connectivity index (χ0v) is 12.5. The third-order valence-corrected chi connectivity index (χ3v) is 5.55. The van der Waals surface area contributed by atoms with Crippen molar-refractivity contribution in [1.82, 2.24) is 9.80 Å². The topological polar surface area (TPSA) is 32.5 Å². The van der Waals surface area contributed by atoms with Crippen LogP contribution < -0.4 is 5.73 Å². The lowest BCUT2D eigenvalue weighted by Crippen LogP contribution is -2.55. The van der Waals surface area contributed by atoms with E-state index in [2.05, 4.69) is 30.8 Å². The van der Waals surface area contributed by atoms with Crippen LogP contribution in [0.1, 0.15) is 39.0 Å². The number of hydrogen-bond donors (Lipinski definition) is 1. The lowest BCUT2D eigenvalue weighted by atomic mass is 9.83. The fourth-order valence-corrected chi connectivity index (χ4v) is 4.38. The monoisotopic (exact) mass is 253 g/mol. The Labute approximate surface area is 113 Å². The fourth-order valence-electron chi connectivity index (χ4n) is 4.38. The molecule has 2 fully saturated rings. The normalized spacial score (nSPS) is 37.8. The Hall–Kier alpha value is -0.120. The third kappa shape index (κ3) is 2.59. The van der Waals surface area contributed by atoms with Gasteiger partial charge in [-0.2, -0.15) is 0 Å². The minimum absolute atomic E-state index is 0.301. The maximum Gasteiger partial charge on any atom is 0.0356 e. The van der Waals surface area contributed by atoms with Crippen LogP contribution in [-0.2, 0) is 0 Å². The molecule has 2 N–H and O–H groups in total. The van der Waals surface area contributed by atoms with E-state index in [0.717, 1.165) is 18.4 Å². The lowest BCUT2D eigenvalue weighted by molar-refractivity contribution is 0.0675. The molecule has 2 rings (SSSR count). The summed E-state index contributed by atoms with van der Waals surface area (Å²) in [5, 5.41) is 0. The second-order valence-corrected chi connectivity index (χ2v) is 6.60. The molecule has 1 heterocycles. The van der Waals surface area contributed by atoms with E-state index in [4.69, 9.17) is 5.73 Å². The van der Waals surface area contributed by atoms with Gasteiger partial charge in [0.2, 0.25) is 0 Å². The number of likely N-dealkylation sites (tertiary alicyclic amines) is 1. The van der Waals surface area contributed by atoms with E-state index in [0.29, 0.717) is 5.54 Å². The predicted octanol–water partition coefficient (Wildman–Crippen LogP) is 1.78. The molecule has 1 saturated heterocycles. The average molecular weight is 253 g/mol. The van der Waals surface area contributed by atoms with Gasteiger partial charge in [-0.3, -0.25) is 4.90 Å². The molecule has 0 aromatic rings. The minimum Gasteiger partial charge on any atom is -0.329 e. The van der Waals surface area contributed by atoms with Gasteiger partial charge in [-0.15, -0.1) is 0 Å². The summed E-state index contributed by atoms with van der Waals surface area (Å²) in [4.78, 5) is 5.08. The van der Waals surface area contributed by atoms with Crippen molar-refractivity contribution in [2.24, 2.45) is 17.6 Å². The van der Waals surface area contributed by atoms with Crippen LogP contribution in [0.2, 0.25) is 0 Å². The average Bonchev–Trinajstić information content (AvgIpc) is 2.95. The summed E-state index contributed by atoms with van der Waals surface area (Å²) in [6, 6.07) is 0. The zero-order valence-electron chi connectivity index (χ0n) is 12.5. The summed E-state index contributed by atoms with van der Waals surface area (Å²) in [7, 11) is 4.56. The van der Waals surface area contributed by atoms with Crippen LogP contribution in [0.3, 0.4) is 0 Å². The van der Waals surface area contributed by atoms with Crippen molar-refractivity contribution in [3.8, 4) is 0 Å². The first kappa shape index (κ1) is 14.3. The summed E-state index contributed by atoms with van der Waals surface area (Å²) in [5.41, 5.74) is 6.49. The van der Waals surface area contributed by atoms with E-state index in [1.165, 1.54) is 51.7 Å². The van der Waals surface area contributed by atoms with Gasteiger partial charge in [0.05, 0.1) is 0 Å². The summed E-state index contributed by atoms with van der Waals surface area (Å²) in [6.07, 6.45) is 6.69. The largest absolute Gasteiger partial charge is 0.329 e. The standard InChI is InChI=1S/C15H31N3/c1-4-14-6-5-8-15(14,12-16)18(3)11-13-7-9-17(2)10-13/h13-14H,4-12,16H2,1-3H3. The highest BCUT2D eigenvalue weighted by Gasteiger charge is 2.44. The number of likely N-dealkylation sites (N-methyl/N-ethyl adjacent to an activating group) is 1. The first-order valence-electron chi connectivity index (χ1n) is 7.72. The molecule has 0 radical (unpaired) electrons. The molecular formula is C15H31N3. The first-order valence-corrected chi connectivity index (χ1v) is 7.72. The molecule has 0 spiro atoms. The Morgan fingerprint density at radius 1 is 1.39 bits per heavy atom. The van der Waals surface area contributed by atoms with Crippen molar-refractivity contribution >= 4 is 0 Å². The van der Waals surface area contributed by atoms with Crippen LogP contribution in [0.15, 0.2) is 0 Å². The predicted molar refractivity (Wildman–Crippen MR) is 77.7 cm³/mol. The number of nitrogens with zero attached hydrogens (tertiary/aromatic N) is 2. The van der Waals surface area contributed by atoms with Gasteiger partial charge >= 0.3 is 0 Å². The highest BCUT2D eigenvalue weighted by molar-refractivity contribution is 5.01. The highest BCUT2D eigenvalue weighted by Crippen LogP contribution is 2.41. The lowest BCUT2D eigenvalue weighted by Gasteiger charge is -2.44. The molecule has 0 aromatic heterocycles. The van der Waals surface area contributed by atoms with E-state index < -0.39 is 0 Å². The second kappa shape index (κ2) is 5.89. The Morgan fingerprint density at radius 3 is 2.72 bits per heavy atom. The summed E-state index contributed by atoms with van der Waals surface area (Å²) >= 11 is 0. The second-order valence-electron chi connectivity index (χ2n) is 6.60. The van der Waals surface area contributed by atoms with Crippen LogP contribution in [0.5, 0.6) is 0 Å². The molecule has 0 amide bonds. The summed E-state index contributed by atoms with van der Waals surface area (Å²) in [5.74, 6) is 1.66. The quantitative estimate of drug-likeness (QED) is 0.810. The van der Waals surface area contributed by atoms with Crippen molar-refractivity contribution < 1.29 is 0 Å². The van der Waals surface area contributed by atoms with E-state index in [1.807, 2.05) is 0 Å². The Bertz CT molecular complexity index is 268. The van der Waals surface area contributed by atoms with Crippen LogP contribution in [-0.4, -0.2) is 55.6 Å². The third-order valence-electron chi connectivity index (χ3n) is 5.55. The van der Waals surface area contributed by atoms with Gasteiger partial charge in [0.25, 0.3) is 0 Å². The summed E-state index contributed by atoms with van der Waals surface area (Å²) in [6.45, 7) is 6.94. The molecule has 3 heteroatoms. The highest BCUT2D eigenvalue weighted by atomic mass is 15.2. The SMILES string of the molecule is CCC1CCCC1(CN)N(C)CC1CCN(C)C1. The molecule has 3 unspecified atom stereocenters. The zero-order chi connectivity index (χ0) is 13.2. The first-order chi connectivity index (χ1) is 8.62. The summed E-state index contributed by atoms with van der Waals surface area (Å²) < 4.78 is 0. The molecule has 1 saturated carbocycles. The van der Waals surface area contributed by atoms with E-state index in [9.17, 15) is 0 Å². The van der Waals surface area contributed by atoms with Crippen molar-refractivity contribution in [2.45, 2.75) is 44.6 Å². The van der Waals surface area contributed by atoms with E-state index in [1.54, 1.807) is 0 Å². The van der Waals surface area contributed by atoms with Gasteiger partial charge in [-0.1, -0.05) is 19.8 Å². The Kier molecular flexibility index (Phi) is 4.68. The van der Waals surface area contributed by atoms with Gasteiger partial charge in [-0.05, 0) is 51.7 Å². The van der Waals surface area contributed by atoms with Crippen LogP contribution in [0.4, 0.5) is 0 Å². The molecule has 0 bridgehead atoms. The molecule has 0 aromatic carbocycles. The molecule has 3 nitrogen and oxygen atoms in total. The minimum atomic E-state index is 0.301. The molecule has 1 aliphatic carbocycles. The molecule has 106 valence electrons. The molecule has 2 aliphatic rings.